The summed E-state index contributed by atoms with van der Waals surface area (Å²) in [6, 6.07) is 7.42. The zero-order chi connectivity index (χ0) is 22.3. The molecule has 2 aromatic carbocycles. The third-order valence-electron chi connectivity index (χ3n) is 4.27. The Labute approximate surface area is 174 Å². The van der Waals surface area contributed by atoms with Crippen LogP contribution in [0.3, 0.4) is 0 Å². The van der Waals surface area contributed by atoms with E-state index >= 15 is 0 Å². The molecule has 3 N–H and O–H groups in total. The number of hydrogen-bond acceptors (Lipinski definition) is 5. The first-order chi connectivity index (χ1) is 13.9. The van der Waals surface area contributed by atoms with E-state index in [9.17, 15) is 27.5 Å². The van der Waals surface area contributed by atoms with Crippen LogP contribution in [-0.4, -0.2) is 36.8 Å². The second-order valence-electron chi connectivity index (χ2n) is 6.45. The average Bonchev–Trinajstić information content (AvgIpc) is 2.94. The van der Waals surface area contributed by atoms with Gasteiger partial charge in [-0.2, -0.15) is 0 Å². The minimum absolute atomic E-state index is 0.0152. The summed E-state index contributed by atoms with van der Waals surface area (Å²) in [6.45, 7) is 0. The Balaban J connectivity index is 2.40. The van der Waals surface area contributed by atoms with E-state index in [4.69, 9.17) is 16.7 Å². The van der Waals surface area contributed by atoms with E-state index in [1.165, 1.54) is 24.3 Å². The predicted octanol–water partition coefficient (Wildman–Crippen LogP) is 1.26. The molecule has 1 atom stereocenters. The number of nitrogens with zero attached hydrogens (tertiary/aromatic N) is 1. The van der Waals surface area contributed by atoms with Gasteiger partial charge in [-0.15, -0.1) is 0 Å². The Kier molecular flexibility index (Phi) is 5.40. The van der Waals surface area contributed by atoms with Crippen LogP contribution in [0.15, 0.2) is 53.5 Å². The first-order valence-corrected chi connectivity index (χ1v) is 10.5. The zero-order valence-corrected chi connectivity index (χ0v) is 16.8. The number of fused-ring (bicyclic) bond motifs is 1. The molecule has 3 rings (SSSR count). The van der Waals surface area contributed by atoms with Gasteiger partial charge in [0.15, 0.2) is 0 Å². The molecule has 0 bridgehead atoms. The molecule has 1 heterocycles. The highest BCUT2D eigenvalue weighted by Crippen LogP contribution is 2.38. The van der Waals surface area contributed by atoms with E-state index in [1.807, 2.05) is 0 Å². The summed E-state index contributed by atoms with van der Waals surface area (Å²) >= 11 is 6.07. The molecule has 0 saturated carbocycles. The van der Waals surface area contributed by atoms with Crippen LogP contribution < -0.4 is 15.3 Å². The van der Waals surface area contributed by atoms with Gasteiger partial charge in [0.1, 0.15) is 5.82 Å². The fourth-order valence-corrected chi connectivity index (χ4v) is 4.00. The molecule has 0 radical (unpaired) electrons. The summed E-state index contributed by atoms with van der Waals surface area (Å²) in [6.07, 6.45) is 2.64. The summed E-state index contributed by atoms with van der Waals surface area (Å²) in [5.74, 6) is -3.61. The molecule has 1 unspecified atom stereocenters. The van der Waals surface area contributed by atoms with Crippen LogP contribution in [0.4, 0.5) is 10.1 Å². The highest BCUT2D eigenvalue weighted by Gasteiger charge is 2.46. The van der Waals surface area contributed by atoms with Crippen molar-refractivity contribution in [2.45, 2.75) is 5.54 Å². The Morgan fingerprint density at radius 1 is 1.23 bits per heavy atom. The molecule has 2 aromatic rings. The Morgan fingerprint density at radius 2 is 1.93 bits per heavy atom. The van der Waals surface area contributed by atoms with Crippen molar-refractivity contribution in [2.24, 2.45) is 4.99 Å². The molecule has 0 aliphatic carbocycles. The number of carboxylic acid groups (broad SMARTS) is 2. The van der Waals surface area contributed by atoms with Crippen LogP contribution in [-0.2, 0) is 25.2 Å². The van der Waals surface area contributed by atoms with Crippen molar-refractivity contribution in [3.63, 3.8) is 0 Å². The van der Waals surface area contributed by atoms with Crippen molar-refractivity contribution in [3.8, 4) is 0 Å². The Bertz CT molecular complexity index is 1340. The smallest absolute Gasteiger partial charge is 0.341 e. The fraction of sp³-hybridized carbons (Fsp3) is 0.105. The Morgan fingerprint density at radius 3 is 2.53 bits per heavy atom. The summed E-state index contributed by atoms with van der Waals surface area (Å²) in [5, 5.41) is 19.0. The lowest BCUT2D eigenvalue weighted by molar-refractivity contribution is -0.141. The molecule has 0 fully saturated rings. The number of benzene rings is 2. The van der Waals surface area contributed by atoms with Crippen molar-refractivity contribution in [1.29, 1.82) is 0 Å². The summed E-state index contributed by atoms with van der Waals surface area (Å²) < 4.78 is 39.3. The van der Waals surface area contributed by atoms with Crippen molar-refractivity contribution in [1.82, 2.24) is 0 Å². The van der Waals surface area contributed by atoms with E-state index in [1.54, 1.807) is 0 Å². The van der Waals surface area contributed by atoms with Gasteiger partial charge >= 0.3 is 11.9 Å². The van der Waals surface area contributed by atoms with Crippen molar-refractivity contribution >= 4 is 44.8 Å². The molecule has 1 aliphatic heterocycles. The molecular weight excluding hydrogens is 439 g/mol. The lowest BCUT2D eigenvalue weighted by atomic mass is 9.83. The number of aliphatic carboxylic acids is 2. The summed E-state index contributed by atoms with van der Waals surface area (Å²) in [5.41, 5.74) is -2.23. The maximum atomic E-state index is 14.0. The van der Waals surface area contributed by atoms with Gasteiger partial charge in [-0.05, 0) is 35.9 Å². The van der Waals surface area contributed by atoms with Gasteiger partial charge in [0.25, 0.3) is 0 Å². The predicted molar refractivity (Wildman–Crippen MR) is 107 cm³/mol. The van der Waals surface area contributed by atoms with Crippen molar-refractivity contribution in [2.75, 3.05) is 11.0 Å². The maximum Gasteiger partial charge on any atom is 0.341 e. The first-order valence-electron chi connectivity index (χ1n) is 8.26. The van der Waals surface area contributed by atoms with E-state index in [0.29, 0.717) is 6.08 Å². The van der Waals surface area contributed by atoms with Crippen molar-refractivity contribution in [3.05, 3.63) is 75.5 Å². The summed E-state index contributed by atoms with van der Waals surface area (Å²) in [4.78, 5) is 27.8. The molecular formula is C19H14ClFN2O6S. The third-order valence-corrected chi connectivity index (χ3v) is 5.17. The number of sulfonamides is 1. The van der Waals surface area contributed by atoms with Crippen LogP contribution in [0.1, 0.15) is 5.56 Å². The fourth-order valence-electron chi connectivity index (χ4n) is 3.20. The van der Waals surface area contributed by atoms with Gasteiger partial charge in [0.2, 0.25) is 15.6 Å². The van der Waals surface area contributed by atoms with Gasteiger partial charge in [0.05, 0.1) is 16.6 Å². The van der Waals surface area contributed by atoms with Crippen LogP contribution in [0.5, 0.6) is 0 Å². The Hall–Kier alpha value is -3.24. The average molecular weight is 453 g/mol. The van der Waals surface area contributed by atoms with Gasteiger partial charge in [-0.3, -0.25) is 9.71 Å². The molecule has 30 heavy (non-hydrogen) atoms. The molecule has 156 valence electrons. The molecule has 0 aromatic heterocycles. The maximum absolute atomic E-state index is 14.0. The van der Waals surface area contributed by atoms with E-state index < -0.39 is 33.3 Å². The number of hydrogen-bond donors (Lipinski definition) is 3. The van der Waals surface area contributed by atoms with Gasteiger partial charge in [0, 0.05) is 22.6 Å². The van der Waals surface area contributed by atoms with Crippen LogP contribution in [0, 0.1) is 5.82 Å². The molecule has 0 amide bonds. The lowest BCUT2D eigenvalue weighted by Gasteiger charge is -2.25. The second-order valence-corrected chi connectivity index (χ2v) is 8.61. The third kappa shape index (κ3) is 3.91. The van der Waals surface area contributed by atoms with E-state index in [-0.39, 0.29) is 32.4 Å². The quantitative estimate of drug-likeness (QED) is 0.565. The highest BCUT2D eigenvalue weighted by molar-refractivity contribution is 7.92. The number of halogens is 2. The first kappa shape index (κ1) is 21.5. The zero-order valence-electron chi connectivity index (χ0n) is 15.3. The summed E-state index contributed by atoms with van der Waals surface area (Å²) in [7, 11) is -3.66. The topological polar surface area (TPSA) is 133 Å². The molecule has 0 saturated heterocycles. The largest absolute Gasteiger partial charge is 0.479 e. The molecule has 1 aliphatic rings. The minimum atomic E-state index is -3.66. The number of rotatable bonds is 6. The highest BCUT2D eigenvalue weighted by atomic mass is 35.5. The van der Waals surface area contributed by atoms with Crippen molar-refractivity contribution < 1.29 is 32.6 Å². The van der Waals surface area contributed by atoms with E-state index in [2.05, 4.69) is 9.71 Å². The van der Waals surface area contributed by atoms with Crippen LogP contribution >= 0.6 is 11.6 Å². The second kappa shape index (κ2) is 7.54. The molecule has 8 nitrogen and oxygen atoms in total. The number of carboxylic acids is 2. The van der Waals surface area contributed by atoms with Crippen LogP contribution in [0.25, 0.3) is 5.57 Å². The van der Waals surface area contributed by atoms with Gasteiger partial charge in [-0.1, -0.05) is 23.7 Å². The minimum Gasteiger partial charge on any atom is -0.479 e. The number of nitrogens with one attached hydrogen (secondary N) is 1. The van der Waals surface area contributed by atoms with Gasteiger partial charge < -0.3 is 10.2 Å². The molecule has 11 heteroatoms. The standard InChI is InChI=1S/C19H14ClFN2O6S/c1-30(28,29)23-12-4-2-3-10(7-12)19(18(26)27)14(5-6-16(24)25)13-8-11(21)9-15(20)17(13)22-19/h2-9,23H,1H3,(H,24,25)(H,26,27). The lowest BCUT2D eigenvalue weighted by Crippen LogP contribution is -2.34. The SMILES string of the molecule is CS(=O)(=O)Nc1cccc(C2(C(=O)O)N=c3c(Cl)cc(F)cc3=C2C=CC(=O)O)c1. The normalized spacial score (nSPS) is 18.2. The number of carbonyl (C=O) groups is 2. The molecule has 0 spiro atoms. The monoisotopic (exact) mass is 452 g/mol. The van der Waals surface area contributed by atoms with E-state index in [0.717, 1.165) is 24.5 Å². The van der Waals surface area contributed by atoms with Crippen LogP contribution in [0.2, 0.25) is 5.02 Å². The van der Waals surface area contributed by atoms with Gasteiger partial charge in [-0.25, -0.2) is 22.4 Å². The number of anilines is 1.